The summed E-state index contributed by atoms with van der Waals surface area (Å²) in [5.74, 6) is 0.466. The molecule has 0 saturated carbocycles. The van der Waals surface area contributed by atoms with E-state index >= 15 is 0 Å². The zero-order chi connectivity index (χ0) is 21.2. The van der Waals surface area contributed by atoms with Crippen molar-refractivity contribution in [1.82, 2.24) is 9.97 Å². The van der Waals surface area contributed by atoms with Gasteiger partial charge >= 0.3 is 15.5 Å². The van der Waals surface area contributed by atoms with E-state index in [0.717, 1.165) is 22.7 Å². The predicted octanol–water partition coefficient (Wildman–Crippen LogP) is 5.33. The first-order valence-corrected chi connectivity index (χ1v) is 11.0. The summed E-state index contributed by atoms with van der Waals surface area (Å²) in [7, 11) is -5.48. The lowest BCUT2D eigenvalue weighted by atomic mass is 10.1. The van der Waals surface area contributed by atoms with E-state index < -0.39 is 15.5 Å². The molecule has 29 heavy (non-hydrogen) atoms. The molecule has 0 aliphatic heterocycles. The summed E-state index contributed by atoms with van der Waals surface area (Å²) >= 11 is 1.39. The molecular weight excluding hydrogens is 423 g/mol. The summed E-state index contributed by atoms with van der Waals surface area (Å²) in [5.41, 5.74) is -2.66. The van der Waals surface area contributed by atoms with Crippen molar-refractivity contribution in [2.45, 2.75) is 25.8 Å². The maximum Gasteiger partial charge on any atom is 0.516 e. The van der Waals surface area contributed by atoms with Gasteiger partial charge in [0, 0.05) is 34.1 Å². The average molecular weight is 442 g/mol. The second-order valence-corrected chi connectivity index (χ2v) is 9.34. The van der Waals surface area contributed by atoms with E-state index in [4.69, 9.17) is 0 Å². The summed E-state index contributed by atoms with van der Waals surface area (Å²) in [6, 6.07) is 9.51. The first-order valence-electron chi connectivity index (χ1n) is 8.65. The molecule has 2 aromatic heterocycles. The van der Waals surface area contributed by atoms with Crippen LogP contribution >= 0.6 is 11.3 Å². The minimum Gasteiger partial charge on any atom is -0.276 e. The van der Waals surface area contributed by atoms with Crippen molar-refractivity contribution in [3.8, 4) is 21.8 Å². The minimum absolute atomic E-state index is 0.183. The largest absolute Gasteiger partial charge is 0.516 e. The third-order valence-electron chi connectivity index (χ3n) is 3.90. The minimum atomic E-state index is -5.48. The van der Waals surface area contributed by atoms with Crippen LogP contribution in [0.5, 0.6) is 0 Å². The molecule has 0 bridgehead atoms. The molecule has 3 aromatic rings. The van der Waals surface area contributed by atoms with Gasteiger partial charge in [0.05, 0.1) is 5.69 Å². The van der Waals surface area contributed by atoms with Crippen LogP contribution in [-0.2, 0) is 16.4 Å². The Morgan fingerprint density at radius 1 is 1.14 bits per heavy atom. The summed E-state index contributed by atoms with van der Waals surface area (Å²) in [5, 5.41) is 2.52. The Morgan fingerprint density at radius 3 is 2.59 bits per heavy atom. The molecule has 3 rings (SSSR count). The summed E-state index contributed by atoms with van der Waals surface area (Å²) in [6.07, 6.45) is 2.56. The van der Waals surface area contributed by atoms with Crippen LogP contribution in [-0.4, -0.2) is 23.9 Å². The highest BCUT2D eigenvalue weighted by Gasteiger charge is 2.46. The van der Waals surface area contributed by atoms with Crippen molar-refractivity contribution in [2.24, 2.45) is 5.92 Å². The highest BCUT2D eigenvalue weighted by molar-refractivity contribution is 7.93. The lowest BCUT2D eigenvalue weighted by Crippen LogP contribution is -2.29. The average Bonchev–Trinajstić information content (AvgIpc) is 3.10. The van der Waals surface area contributed by atoms with Gasteiger partial charge < -0.3 is 0 Å². The van der Waals surface area contributed by atoms with Crippen LogP contribution < -0.4 is 4.72 Å². The standard InChI is InChI=1S/C19H18F3N3O2S2/c1-12(2)8-16-10-14(6-7-23-16)18-24-17(11-28-18)13-4-3-5-15(9-13)25-29(26,27)19(20,21)22/h3-7,9-12,25H,8H2,1-2H3. The number of pyridine rings is 1. The van der Waals surface area contributed by atoms with Crippen molar-refractivity contribution in [3.63, 3.8) is 0 Å². The van der Waals surface area contributed by atoms with E-state index in [-0.39, 0.29) is 5.69 Å². The summed E-state index contributed by atoms with van der Waals surface area (Å²) in [6.45, 7) is 4.21. The number of benzene rings is 1. The molecule has 0 unspecified atom stereocenters. The topological polar surface area (TPSA) is 72.0 Å². The van der Waals surface area contributed by atoms with Crippen LogP contribution in [0, 0.1) is 5.92 Å². The molecule has 1 aromatic carbocycles. The van der Waals surface area contributed by atoms with Crippen LogP contribution in [0.15, 0.2) is 48.0 Å². The van der Waals surface area contributed by atoms with Crippen molar-refractivity contribution >= 4 is 27.0 Å². The third kappa shape index (κ3) is 5.13. The number of alkyl halides is 3. The smallest absolute Gasteiger partial charge is 0.276 e. The van der Waals surface area contributed by atoms with Gasteiger partial charge in [-0.05, 0) is 36.6 Å². The first-order chi connectivity index (χ1) is 13.5. The summed E-state index contributed by atoms with van der Waals surface area (Å²) < 4.78 is 61.9. The molecule has 2 heterocycles. The number of hydrogen-bond acceptors (Lipinski definition) is 5. The Bertz CT molecular complexity index is 1110. The van der Waals surface area contributed by atoms with E-state index in [9.17, 15) is 21.6 Å². The second-order valence-electron chi connectivity index (χ2n) is 6.80. The fourth-order valence-corrected chi connectivity index (χ4v) is 4.01. The Kier molecular flexibility index (Phi) is 5.95. The van der Waals surface area contributed by atoms with Gasteiger partial charge in [-0.2, -0.15) is 21.6 Å². The van der Waals surface area contributed by atoms with Crippen molar-refractivity contribution in [3.05, 3.63) is 53.7 Å². The Hall–Kier alpha value is -2.46. The number of halogens is 3. The first kappa shape index (κ1) is 21.3. The highest BCUT2D eigenvalue weighted by atomic mass is 32.2. The van der Waals surface area contributed by atoms with Gasteiger partial charge in [-0.1, -0.05) is 26.0 Å². The van der Waals surface area contributed by atoms with Crippen molar-refractivity contribution in [2.75, 3.05) is 4.72 Å². The number of hydrogen-bond donors (Lipinski definition) is 1. The monoisotopic (exact) mass is 441 g/mol. The molecule has 154 valence electrons. The van der Waals surface area contributed by atoms with Gasteiger partial charge in [-0.15, -0.1) is 11.3 Å². The fraction of sp³-hybridized carbons (Fsp3) is 0.263. The maximum absolute atomic E-state index is 12.6. The number of nitrogens with one attached hydrogen (secondary N) is 1. The van der Waals surface area contributed by atoms with Crippen LogP contribution in [0.3, 0.4) is 0 Å². The van der Waals surface area contributed by atoms with Gasteiger partial charge in [0.1, 0.15) is 5.01 Å². The zero-order valence-electron chi connectivity index (χ0n) is 15.6. The Labute approximate surface area is 170 Å². The van der Waals surface area contributed by atoms with E-state index in [1.807, 2.05) is 12.1 Å². The molecular formula is C19H18F3N3O2S2. The van der Waals surface area contributed by atoms with E-state index in [0.29, 0.717) is 17.2 Å². The van der Waals surface area contributed by atoms with E-state index in [1.165, 1.54) is 29.5 Å². The number of thiazole rings is 1. The molecule has 0 spiro atoms. The van der Waals surface area contributed by atoms with Crippen LogP contribution in [0.4, 0.5) is 18.9 Å². The molecule has 0 aliphatic carbocycles. The van der Waals surface area contributed by atoms with E-state index in [1.54, 1.807) is 22.4 Å². The predicted molar refractivity (Wildman–Crippen MR) is 108 cm³/mol. The molecule has 0 saturated heterocycles. The quantitative estimate of drug-likeness (QED) is 0.561. The Morgan fingerprint density at radius 2 is 1.90 bits per heavy atom. The number of sulfonamides is 1. The molecule has 1 N–H and O–H groups in total. The van der Waals surface area contributed by atoms with Gasteiger partial charge in [0.2, 0.25) is 0 Å². The SMILES string of the molecule is CC(C)Cc1cc(-c2nc(-c3cccc(NS(=O)(=O)C(F)(F)F)c3)cs2)ccn1. The second kappa shape index (κ2) is 8.11. The number of rotatable bonds is 6. The zero-order valence-corrected chi connectivity index (χ0v) is 17.2. The maximum atomic E-state index is 12.6. The lowest BCUT2D eigenvalue weighted by molar-refractivity contribution is -0.0429. The van der Waals surface area contributed by atoms with Crippen molar-refractivity contribution in [1.29, 1.82) is 0 Å². The molecule has 0 fully saturated rings. The molecule has 0 amide bonds. The molecule has 10 heteroatoms. The van der Waals surface area contributed by atoms with Crippen LogP contribution in [0.25, 0.3) is 21.8 Å². The highest BCUT2D eigenvalue weighted by Crippen LogP contribution is 2.31. The van der Waals surface area contributed by atoms with Gasteiger partial charge in [0.15, 0.2) is 0 Å². The van der Waals surface area contributed by atoms with Gasteiger partial charge in [-0.25, -0.2) is 4.98 Å². The van der Waals surface area contributed by atoms with Crippen LogP contribution in [0.2, 0.25) is 0 Å². The normalized spacial score (nSPS) is 12.3. The number of aromatic nitrogens is 2. The molecule has 0 aliphatic rings. The van der Waals surface area contributed by atoms with E-state index in [2.05, 4.69) is 23.8 Å². The summed E-state index contributed by atoms with van der Waals surface area (Å²) in [4.78, 5) is 8.90. The lowest BCUT2D eigenvalue weighted by Gasteiger charge is -2.11. The third-order valence-corrected chi connectivity index (χ3v) is 5.91. The van der Waals surface area contributed by atoms with Gasteiger partial charge in [0.25, 0.3) is 0 Å². The van der Waals surface area contributed by atoms with Crippen LogP contribution in [0.1, 0.15) is 19.5 Å². The molecule has 0 atom stereocenters. The Balaban J connectivity index is 1.86. The molecule has 0 radical (unpaired) electrons. The number of anilines is 1. The fourth-order valence-electron chi connectivity index (χ4n) is 2.64. The van der Waals surface area contributed by atoms with Gasteiger partial charge in [-0.3, -0.25) is 9.71 Å². The number of nitrogens with zero attached hydrogens (tertiary/aromatic N) is 2. The van der Waals surface area contributed by atoms with Crippen molar-refractivity contribution < 1.29 is 21.6 Å². The molecule has 5 nitrogen and oxygen atoms in total.